The highest BCUT2D eigenvalue weighted by Gasteiger charge is 2.33. The van der Waals surface area contributed by atoms with Gasteiger partial charge in [-0.2, -0.15) is 0 Å². The minimum atomic E-state index is -4.84. The van der Waals surface area contributed by atoms with E-state index in [1.807, 2.05) is 6.08 Å². The van der Waals surface area contributed by atoms with E-state index in [-0.39, 0.29) is 18.0 Å². The van der Waals surface area contributed by atoms with Crippen molar-refractivity contribution in [2.45, 2.75) is 38.5 Å². The summed E-state index contributed by atoms with van der Waals surface area (Å²) in [4.78, 5) is 15.5. The van der Waals surface area contributed by atoms with Crippen LogP contribution in [0.3, 0.4) is 0 Å². The van der Waals surface area contributed by atoms with Gasteiger partial charge >= 0.3 is 6.36 Å². The van der Waals surface area contributed by atoms with Gasteiger partial charge in [-0.05, 0) is 61.4 Å². The van der Waals surface area contributed by atoms with Crippen molar-refractivity contribution in [2.75, 3.05) is 32.8 Å². The molecule has 2 aliphatic rings. The molecule has 1 saturated heterocycles. The third-order valence-electron chi connectivity index (χ3n) is 6.92. The van der Waals surface area contributed by atoms with E-state index < -0.39 is 12.3 Å². The molecule has 0 spiro atoms. The number of hydrogen-bond donors (Lipinski definition) is 0. The summed E-state index contributed by atoms with van der Waals surface area (Å²) >= 11 is 6.12. The fourth-order valence-electron chi connectivity index (χ4n) is 5.11. The molecular formula is C28H28ClF3N4O3. The highest BCUT2D eigenvalue weighted by molar-refractivity contribution is 6.30. The number of morpholine rings is 1. The number of hydrogen-bond acceptors (Lipinski definition) is 6. The van der Waals surface area contributed by atoms with Crippen LogP contribution in [0, 0.1) is 6.92 Å². The van der Waals surface area contributed by atoms with Gasteiger partial charge in [-0.3, -0.25) is 14.3 Å². The highest BCUT2D eigenvalue weighted by Crippen LogP contribution is 2.40. The van der Waals surface area contributed by atoms with Gasteiger partial charge in [0, 0.05) is 42.4 Å². The first-order valence-electron chi connectivity index (χ1n) is 12.8. The fraction of sp³-hybridized carbons (Fsp3) is 0.393. The Morgan fingerprint density at radius 3 is 2.59 bits per heavy atom. The summed E-state index contributed by atoms with van der Waals surface area (Å²) in [6, 6.07) is 11.2. The van der Waals surface area contributed by atoms with E-state index in [0.717, 1.165) is 31.6 Å². The maximum absolute atomic E-state index is 13.2. The maximum Gasteiger partial charge on any atom is 0.573 e. The van der Waals surface area contributed by atoms with Gasteiger partial charge in [0.05, 0.1) is 18.9 Å². The first-order valence-corrected chi connectivity index (χ1v) is 13.2. The Balaban J connectivity index is 1.50. The summed E-state index contributed by atoms with van der Waals surface area (Å²) < 4.78 is 50.7. The quantitative estimate of drug-likeness (QED) is 0.351. The maximum atomic E-state index is 13.2. The molecule has 0 aliphatic carbocycles. The Morgan fingerprint density at radius 2 is 1.87 bits per heavy atom. The number of carbonyl (C=O) groups excluding carboxylic acids is 1. The summed E-state index contributed by atoms with van der Waals surface area (Å²) in [7, 11) is 0. The number of fused-ring (bicyclic) bond motifs is 3. The third kappa shape index (κ3) is 6.51. The van der Waals surface area contributed by atoms with Crippen molar-refractivity contribution >= 4 is 23.0 Å². The number of halogens is 4. The molecule has 1 aromatic heterocycles. The van der Waals surface area contributed by atoms with E-state index in [2.05, 4.69) is 19.8 Å². The number of ketones is 1. The fourth-order valence-corrected chi connectivity index (χ4v) is 5.23. The normalized spacial score (nSPS) is 17.7. The van der Waals surface area contributed by atoms with Crippen LogP contribution < -0.4 is 4.74 Å². The van der Waals surface area contributed by atoms with Crippen molar-refractivity contribution in [3.8, 4) is 11.4 Å². The molecule has 7 nitrogen and oxygen atoms in total. The SMILES string of the molecule is Cc1nnc2n1-c1ccc(OC(F)(F)F)cc1C(c1ccc(Cl)cc1)=C[C@H]2CC(=O)CCCN1CCOCC1. The van der Waals surface area contributed by atoms with Crippen molar-refractivity contribution in [1.29, 1.82) is 0 Å². The van der Waals surface area contributed by atoms with Crippen LogP contribution in [0.2, 0.25) is 5.02 Å². The molecule has 0 amide bonds. The number of alkyl halides is 3. The van der Waals surface area contributed by atoms with Gasteiger partial charge in [-0.1, -0.05) is 29.8 Å². The van der Waals surface area contributed by atoms with Gasteiger partial charge in [-0.15, -0.1) is 23.4 Å². The zero-order chi connectivity index (χ0) is 27.6. The lowest BCUT2D eigenvalue weighted by molar-refractivity contribution is -0.274. The average molecular weight is 561 g/mol. The molecule has 1 atom stereocenters. The van der Waals surface area contributed by atoms with Crippen LogP contribution in [-0.2, 0) is 9.53 Å². The van der Waals surface area contributed by atoms with E-state index in [0.29, 0.717) is 53.1 Å². The molecule has 3 aromatic rings. The van der Waals surface area contributed by atoms with Crippen LogP contribution >= 0.6 is 11.6 Å². The predicted octanol–water partition coefficient (Wildman–Crippen LogP) is 5.73. The standard InChI is InChI=1S/C28H28ClF3N4O3/c1-18-33-34-27-20(15-22(37)3-2-10-35-11-13-38-14-12-35)16-24(19-4-6-21(29)7-5-19)25-17-23(39-28(30,31)32)8-9-26(25)36(18)27/h4-9,16-17,20H,2-3,10-15H2,1H3/t20-/m1/s1. The third-order valence-corrected chi connectivity index (χ3v) is 7.17. The number of carbonyl (C=O) groups is 1. The molecule has 2 aromatic carbocycles. The summed E-state index contributed by atoms with van der Waals surface area (Å²) in [6.45, 7) is 5.75. The highest BCUT2D eigenvalue weighted by atomic mass is 35.5. The largest absolute Gasteiger partial charge is 0.573 e. The molecule has 0 N–H and O–H groups in total. The second-order valence-corrected chi connectivity index (χ2v) is 10.1. The lowest BCUT2D eigenvalue weighted by Gasteiger charge is -2.26. The minimum Gasteiger partial charge on any atom is -0.406 e. The lowest BCUT2D eigenvalue weighted by Crippen LogP contribution is -2.36. The van der Waals surface area contributed by atoms with E-state index in [1.54, 1.807) is 41.8 Å². The topological polar surface area (TPSA) is 69.5 Å². The molecule has 3 heterocycles. The molecule has 2 aliphatic heterocycles. The summed E-state index contributed by atoms with van der Waals surface area (Å²) in [6.07, 6.45) is -1.59. The Labute approximate surface area is 229 Å². The van der Waals surface area contributed by atoms with Crippen LogP contribution in [0.1, 0.15) is 48.0 Å². The number of ether oxygens (including phenoxy) is 2. The van der Waals surface area contributed by atoms with E-state index >= 15 is 0 Å². The van der Waals surface area contributed by atoms with Crippen LogP contribution in [0.4, 0.5) is 13.2 Å². The number of allylic oxidation sites excluding steroid dienone is 1. The van der Waals surface area contributed by atoms with E-state index in [4.69, 9.17) is 16.3 Å². The van der Waals surface area contributed by atoms with E-state index in [1.165, 1.54) is 12.1 Å². The van der Waals surface area contributed by atoms with Crippen molar-refractivity contribution < 1.29 is 27.4 Å². The summed E-state index contributed by atoms with van der Waals surface area (Å²) in [5.74, 6) is 0.424. The number of aromatic nitrogens is 3. The molecule has 11 heteroatoms. The molecular weight excluding hydrogens is 533 g/mol. The number of aryl methyl sites for hydroxylation is 1. The Morgan fingerprint density at radius 1 is 1.13 bits per heavy atom. The average Bonchev–Trinajstić information content (AvgIpc) is 3.21. The monoisotopic (exact) mass is 560 g/mol. The molecule has 1 fully saturated rings. The van der Waals surface area contributed by atoms with Crippen LogP contribution in [0.25, 0.3) is 11.3 Å². The van der Waals surface area contributed by atoms with Gasteiger partial charge in [0.1, 0.15) is 23.2 Å². The molecule has 0 saturated carbocycles. The summed E-state index contributed by atoms with van der Waals surface area (Å²) in [5.41, 5.74) is 2.51. The van der Waals surface area contributed by atoms with Gasteiger partial charge in [-0.25, -0.2) is 0 Å². The van der Waals surface area contributed by atoms with Crippen molar-refractivity contribution in [3.63, 3.8) is 0 Å². The Kier molecular flexibility index (Phi) is 8.06. The van der Waals surface area contributed by atoms with Gasteiger partial charge in [0.2, 0.25) is 0 Å². The van der Waals surface area contributed by atoms with Gasteiger partial charge in [0.25, 0.3) is 0 Å². The van der Waals surface area contributed by atoms with Crippen LogP contribution in [0.5, 0.6) is 5.75 Å². The second kappa shape index (κ2) is 11.5. The number of nitrogens with zero attached hydrogens (tertiary/aromatic N) is 4. The van der Waals surface area contributed by atoms with Crippen LogP contribution in [0.15, 0.2) is 48.5 Å². The van der Waals surface area contributed by atoms with Crippen molar-refractivity contribution in [2.24, 2.45) is 0 Å². The van der Waals surface area contributed by atoms with E-state index in [9.17, 15) is 18.0 Å². The predicted molar refractivity (Wildman–Crippen MR) is 140 cm³/mol. The molecule has 0 unspecified atom stereocenters. The molecule has 0 bridgehead atoms. The summed E-state index contributed by atoms with van der Waals surface area (Å²) in [5, 5.41) is 9.16. The minimum absolute atomic E-state index is 0.0826. The smallest absolute Gasteiger partial charge is 0.406 e. The van der Waals surface area contributed by atoms with Crippen molar-refractivity contribution in [1.82, 2.24) is 19.7 Å². The number of Topliss-reactive ketones (excluding diaryl/α,β-unsaturated/α-hetero) is 1. The molecule has 206 valence electrons. The van der Waals surface area contributed by atoms with Crippen molar-refractivity contribution in [3.05, 3.63) is 76.3 Å². The zero-order valence-corrected chi connectivity index (χ0v) is 22.1. The molecule has 5 rings (SSSR count). The molecule has 0 radical (unpaired) electrons. The van der Waals surface area contributed by atoms with Gasteiger partial charge in [0.15, 0.2) is 0 Å². The van der Waals surface area contributed by atoms with Gasteiger partial charge < -0.3 is 9.47 Å². The Hall–Kier alpha value is -3.21. The zero-order valence-electron chi connectivity index (χ0n) is 21.4. The first kappa shape index (κ1) is 27.4. The van der Waals surface area contributed by atoms with Crippen LogP contribution in [-0.4, -0.2) is 64.7 Å². The second-order valence-electron chi connectivity index (χ2n) is 9.66. The molecule has 39 heavy (non-hydrogen) atoms. The number of rotatable bonds is 8. The Bertz CT molecular complexity index is 1370. The lowest BCUT2D eigenvalue weighted by atomic mass is 9.91. The first-order chi connectivity index (χ1) is 18.7. The number of benzene rings is 2.